The highest BCUT2D eigenvalue weighted by atomic mass is 32.1. The zero-order chi connectivity index (χ0) is 29.1. The highest BCUT2D eigenvalue weighted by molar-refractivity contribution is 7.22. The van der Waals surface area contributed by atoms with Crippen LogP contribution in [0.15, 0.2) is 54.9 Å². The van der Waals surface area contributed by atoms with Gasteiger partial charge in [0.15, 0.2) is 11.6 Å². The fraction of sp³-hybridized carbons (Fsp3) is 0.333. The van der Waals surface area contributed by atoms with Gasteiger partial charge in [-0.15, -0.1) is 11.3 Å². The Bertz CT molecular complexity index is 1580. The first-order chi connectivity index (χ1) is 20.4. The number of hydrogen-bond acceptors (Lipinski definition) is 8. The van der Waals surface area contributed by atoms with E-state index in [2.05, 4.69) is 31.6 Å². The SMILES string of the molecule is O=C(Nc1ccc(Oc2ccnc3cc(-c4ccc(CN5CCN(C(=O)CCO)CC5)cn4)sc23)c(F)c1)NC1CC1. The van der Waals surface area contributed by atoms with Crippen molar-refractivity contribution in [2.45, 2.75) is 31.8 Å². The number of benzene rings is 1. The molecule has 0 atom stereocenters. The Morgan fingerprint density at radius 3 is 2.60 bits per heavy atom. The number of hydrogen-bond donors (Lipinski definition) is 3. The van der Waals surface area contributed by atoms with Gasteiger partial charge in [0, 0.05) is 75.4 Å². The molecule has 1 aliphatic carbocycles. The van der Waals surface area contributed by atoms with Gasteiger partial charge in [0.2, 0.25) is 5.91 Å². The number of carbonyl (C=O) groups excluding carboxylic acids is 2. The Hall–Kier alpha value is -4.13. The van der Waals surface area contributed by atoms with Crippen LogP contribution in [-0.4, -0.2) is 75.6 Å². The van der Waals surface area contributed by atoms with Gasteiger partial charge in [-0.05, 0) is 42.7 Å². The smallest absolute Gasteiger partial charge is 0.319 e. The number of anilines is 1. The number of ether oxygens (including phenoxy) is 1. The number of aromatic nitrogens is 2. The summed E-state index contributed by atoms with van der Waals surface area (Å²) in [4.78, 5) is 38.1. The lowest BCUT2D eigenvalue weighted by Crippen LogP contribution is -2.48. The summed E-state index contributed by atoms with van der Waals surface area (Å²) in [6, 6.07) is 11.9. The van der Waals surface area contributed by atoms with Gasteiger partial charge >= 0.3 is 6.03 Å². The normalized spacial score (nSPS) is 15.5. The Labute approximate surface area is 246 Å². The quantitative estimate of drug-likeness (QED) is 0.261. The minimum Gasteiger partial charge on any atom is -0.453 e. The first-order valence-corrected chi connectivity index (χ1v) is 14.8. The molecule has 3 aromatic heterocycles. The van der Waals surface area contributed by atoms with E-state index in [1.807, 2.05) is 18.3 Å². The molecule has 0 radical (unpaired) electrons. The lowest BCUT2D eigenvalue weighted by atomic mass is 10.2. The number of amides is 3. The number of nitrogens with one attached hydrogen (secondary N) is 2. The number of thiophene rings is 1. The molecule has 12 heteroatoms. The van der Waals surface area contributed by atoms with Crippen molar-refractivity contribution in [1.29, 1.82) is 0 Å². The number of piperazine rings is 1. The van der Waals surface area contributed by atoms with Crippen molar-refractivity contribution in [3.05, 3.63) is 66.2 Å². The third kappa shape index (κ3) is 6.67. The van der Waals surface area contributed by atoms with Crippen LogP contribution in [0, 0.1) is 5.82 Å². The van der Waals surface area contributed by atoms with E-state index in [1.165, 1.54) is 23.5 Å². The molecular weight excluding hydrogens is 559 g/mol. The second kappa shape index (κ2) is 12.4. The first-order valence-electron chi connectivity index (χ1n) is 13.9. The number of carbonyl (C=O) groups is 2. The molecule has 3 N–H and O–H groups in total. The van der Waals surface area contributed by atoms with Crippen LogP contribution in [0.25, 0.3) is 20.8 Å². The number of aliphatic hydroxyl groups is 1. The van der Waals surface area contributed by atoms with Crippen molar-refractivity contribution in [1.82, 2.24) is 25.1 Å². The molecule has 0 bridgehead atoms. The van der Waals surface area contributed by atoms with Crippen molar-refractivity contribution < 1.29 is 23.8 Å². The van der Waals surface area contributed by atoms with Crippen LogP contribution in [0.5, 0.6) is 11.5 Å². The predicted molar refractivity (Wildman–Crippen MR) is 158 cm³/mol. The second-order valence-electron chi connectivity index (χ2n) is 10.4. The number of urea groups is 1. The average Bonchev–Trinajstić information content (AvgIpc) is 3.69. The van der Waals surface area contributed by atoms with Crippen LogP contribution < -0.4 is 15.4 Å². The van der Waals surface area contributed by atoms with Crippen LogP contribution >= 0.6 is 11.3 Å². The molecule has 1 saturated carbocycles. The van der Waals surface area contributed by atoms with Gasteiger partial charge in [-0.1, -0.05) is 6.07 Å². The Morgan fingerprint density at radius 2 is 1.88 bits per heavy atom. The molecule has 4 aromatic rings. The molecule has 0 spiro atoms. The fourth-order valence-electron chi connectivity index (χ4n) is 4.81. The average molecular weight is 591 g/mol. The molecule has 1 aliphatic heterocycles. The lowest BCUT2D eigenvalue weighted by Gasteiger charge is -2.34. The number of aliphatic hydroxyl groups excluding tert-OH is 1. The topological polar surface area (TPSA) is 120 Å². The molecule has 2 aliphatic rings. The summed E-state index contributed by atoms with van der Waals surface area (Å²) in [5.74, 6) is -0.0571. The maximum absolute atomic E-state index is 14.9. The molecule has 218 valence electrons. The fourth-order valence-corrected chi connectivity index (χ4v) is 5.85. The van der Waals surface area contributed by atoms with Crippen molar-refractivity contribution in [2.75, 3.05) is 38.1 Å². The largest absolute Gasteiger partial charge is 0.453 e. The summed E-state index contributed by atoms with van der Waals surface area (Å²) in [7, 11) is 0. The zero-order valence-electron chi connectivity index (χ0n) is 22.9. The molecule has 42 heavy (non-hydrogen) atoms. The predicted octanol–water partition coefficient (Wildman–Crippen LogP) is 4.60. The third-order valence-corrected chi connectivity index (χ3v) is 8.39. The van der Waals surface area contributed by atoms with Crippen LogP contribution in [-0.2, 0) is 11.3 Å². The van der Waals surface area contributed by atoms with E-state index in [1.54, 1.807) is 23.2 Å². The lowest BCUT2D eigenvalue weighted by molar-refractivity contribution is -0.133. The summed E-state index contributed by atoms with van der Waals surface area (Å²) in [5.41, 5.74) is 2.96. The van der Waals surface area contributed by atoms with Gasteiger partial charge in [0.05, 0.1) is 27.4 Å². The summed E-state index contributed by atoms with van der Waals surface area (Å²) >= 11 is 1.47. The number of fused-ring (bicyclic) bond motifs is 1. The Balaban J connectivity index is 1.10. The Morgan fingerprint density at radius 1 is 1.05 bits per heavy atom. The molecule has 4 heterocycles. The van der Waals surface area contributed by atoms with E-state index in [9.17, 15) is 14.0 Å². The van der Waals surface area contributed by atoms with E-state index in [0.717, 1.165) is 58.8 Å². The van der Waals surface area contributed by atoms with Gasteiger partial charge in [-0.25, -0.2) is 9.18 Å². The molecule has 6 rings (SSSR count). The number of nitrogens with zero attached hydrogens (tertiary/aromatic N) is 4. The summed E-state index contributed by atoms with van der Waals surface area (Å²) in [5, 5.41) is 14.4. The molecule has 2 fully saturated rings. The van der Waals surface area contributed by atoms with Crippen molar-refractivity contribution >= 4 is 39.2 Å². The van der Waals surface area contributed by atoms with Crippen molar-refractivity contribution in [3.63, 3.8) is 0 Å². The van der Waals surface area contributed by atoms with Gasteiger partial charge < -0.3 is 25.4 Å². The highest BCUT2D eigenvalue weighted by Crippen LogP contribution is 2.39. The molecule has 3 amide bonds. The Kier molecular flexibility index (Phi) is 8.27. The van der Waals surface area contributed by atoms with Crippen molar-refractivity contribution in [2.24, 2.45) is 0 Å². The molecule has 0 unspecified atom stereocenters. The number of pyridine rings is 2. The van der Waals surface area contributed by atoms with E-state index in [0.29, 0.717) is 24.5 Å². The number of rotatable bonds is 9. The maximum atomic E-state index is 14.9. The van der Waals surface area contributed by atoms with Crippen LogP contribution in [0.2, 0.25) is 0 Å². The summed E-state index contributed by atoms with van der Waals surface area (Å²) < 4.78 is 21.6. The highest BCUT2D eigenvalue weighted by Gasteiger charge is 2.23. The maximum Gasteiger partial charge on any atom is 0.319 e. The monoisotopic (exact) mass is 590 g/mol. The molecule has 10 nitrogen and oxygen atoms in total. The van der Waals surface area contributed by atoms with E-state index < -0.39 is 5.82 Å². The molecule has 1 aromatic carbocycles. The van der Waals surface area contributed by atoms with Gasteiger partial charge in [0.25, 0.3) is 0 Å². The second-order valence-corrected chi connectivity index (χ2v) is 11.5. The van der Waals surface area contributed by atoms with Gasteiger partial charge in [0.1, 0.15) is 5.75 Å². The van der Waals surface area contributed by atoms with E-state index >= 15 is 0 Å². The third-order valence-electron chi connectivity index (χ3n) is 7.23. The van der Waals surface area contributed by atoms with Crippen LogP contribution in [0.3, 0.4) is 0 Å². The minimum atomic E-state index is -0.587. The van der Waals surface area contributed by atoms with E-state index in [4.69, 9.17) is 9.84 Å². The zero-order valence-corrected chi connectivity index (χ0v) is 23.7. The first kappa shape index (κ1) is 28.0. The van der Waals surface area contributed by atoms with Crippen molar-refractivity contribution in [3.8, 4) is 22.1 Å². The summed E-state index contributed by atoms with van der Waals surface area (Å²) in [6.07, 6.45) is 5.60. The molecular formula is C30H31FN6O4S. The van der Waals surface area contributed by atoms with E-state index in [-0.39, 0.29) is 36.8 Å². The minimum absolute atomic E-state index is 0.000234. The number of halogens is 1. The van der Waals surface area contributed by atoms with Gasteiger partial charge in [-0.3, -0.25) is 19.7 Å². The van der Waals surface area contributed by atoms with Gasteiger partial charge in [-0.2, -0.15) is 0 Å². The standard InChI is InChI=1S/C30H31FN6O4S/c31-22-15-21(35-30(40)34-20-2-3-20)4-6-25(22)41-26-7-9-32-24-16-27(42-29(24)26)23-5-1-19(17-33-23)18-36-10-12-37(13-11-36)28(39)8-14-38/h1,4-7,9,15-17,20,38H,2-3,8,10-14,18H2,(H2,34,35,40). The summed E-state index contributed by atoms with van der Waals surface area (Å²) in [6.45, 7) is 3.50. The molecule has 1 saturated heterocycles. The van der Waals surface area contributed by atoms with Crippen LogP contribution in [0.4, 0.5) is 14.9 Å². The van der Waals surface area contributed by atoms with Crippen LogP contribution in [0.1, 0.15) is 24.8 Å².